The molecule has 0 saturated carbocycles. The Hall–Kier alpha value is -1.57. The lowest BCUT2D eigenvalue weighted by atomic mass is 10.1. The van der Waals surface area contributed by atoms with E-state index in [0.717, 1.165) is 5.56 Å². The highest BCUT2D eigenvalue weighted by atomic mass is 32.2. The summed E-state index contributed by atoms with van der Waals surface area (Å²) in [5.41, 5.74) is 3.74. The first-order valence-electron chi connectivity index (χ1n) is 6.34. The molecule has 1 amide bonds. The SMILES string of the molecule is CCNN1C(=O)/C(=C\c2ccc(OC)cc2OC)SC1=S. The number of nitrogens with zero attached hydrogens (tertiary/aromatic N) is 1. The van der Waals surface area contributed by atoms with Crippen molar-refractivity contribution in [3.8, 4) is 11.5 Å². The van der Waals surface area contributed by atoms with Gasteiger partial charge in [-0.2, -0.15) is 0 Å². The van der Waals surface area contributed by atoms with Crippen LogP contribution in [-0.4, -0.2) is 36.0 Å². The van der Waals surface area contributed by atoms with Crippen LogP contribution in [0.4, 0.5) is 0 Å². The van der Waals surface area contributed by atoms with Gasteiger partial charge in [0.05, 0.1) is 19.1 Å². The maximum atomic E-state index is 12.3. The van der Waals surface area contributed by atoms with Gasteiger partial charge in [-0.3, -0.25) is 4.79 Å². The number of benzene rings is 1. The molecule has 0 atom stereocenters. The zero-order valence-corrected chi connectivity index (χ0v) is 13.6. The van der Waals surface area contributed by atoms with Gasteiger partial charge in [-0.25, -0.2) is 10.4 Å². The average molecular weight is 324 g/mol. The molecule has 1 aliphatic heterocycles. The summed E-state index contributed by atoms with van der Waals surface area (Å²) in [7, 11) is 3.17. The van der Waals surface area contributed by atoms with Crippen molar-refractivity contribution in [3.05, 3.63) is 28.7 Å². The number of ether oxygens (including phenoxy) is 2. The third kappa shape index (κ3) is 3.37. The molecule has 7 heteroatoms. The molecule has 5 nitrogen and oxygen atoms in total. The summed E-state index contributed by atoms with van der Waals surface area (Å²) in [6.07, 6.45) is 1.77. The second-order valence-corrected chi connectivity index (χ2v) is 5.81. The van der Waals surface area contributed by atoms with E-state index in [1.165, 1.54) is 16.8 Å². The molecule has 1 fully saturated rings. The number of thioether (sulfide) groups is 1. The summed E-state index contributed by atoms with van der Waals surface area (Å²) in [6.45, 7) is 2.54. The van der Waals surface area contributed by atoms with Crippen LogP contribution in [0.1, 0.15) is 12.5 Å². The fraction of sp³-hybridized carbons (Fsp3) is 0.286. The van der Waals surface area contributed by atoms with Crippen LogP contribution < -0.4 is 14.9 Å². The van der Waals surface area contributed by atoms with E-state index in [1.807, 2.05) is 19.1 Å². The van der Waals surface area contributed by atoms with Crippen molar-refractivity contribution < 1.29 is 14.3 Å². The molecule has 1 heterocycles. The topological polar surface area (TPSA) is 50.8 Å². The number of hydrazine groups is 1. The van der Waals surface area contributed by atoms with E-state index in [1.54, 1.807) is 26.4 Å². The number of thiocarbonyl (C=S) groups is 1. The van der Waals surface area contributed by atoms with Gasteiger partial charge in [0.2, 0.25) is 0 Å². The van der Waals surface area contributed by atoms with Gasteiger partial charge in [-0.1, -0.05) is 30.9 Å². The van der Waals surface area contributed by atoms with Gasteiger partial charge in [0.25, 0.3) is 5.91 Å². The molecule has 2 rings (SSSR count). The number of amides is 1. The maximum absolute atomic E-state index is 12.3. The van der Waals surface area contributed by atoms with Crippen molar-refractivity contribution in [2.75, 3.05) is 20.8 Å². The van der Waals surface area contributed by atoms with Gasteiger partial charge < -0.3 is 9.47 Å². The largest absolute Gasteiger partial charge is 0.497 e. The molecule has 112 valence electrons. The van der Waals surface area contributed by atoms with Crippen molar-refractivity contribution in [2.45, 2.75) is 6.92 Å². The zero-order valence-electron chi connectivity index (χ0n) is 12.0. The number of hydrogen-bond donors (Lipinski definition) is 1. The lowest BCUT2D eigenvalue weighted by Crippen LogP contribution is -2.40. The summed E-state index contributed by atoms with van der Waals surface area (Å²) >= 11 is 6.46. The summed E-state index contributed by atoms with van der Waals surface area (Å²) in [4.78, 5) is 12.8. The average Bonchev–Trinajstić information content (AvgIpc) is 2.75. The van der Waals surface area contributed by atoms with Crippen LogP contribution in [0.5, 0.6) is 11.5 Å². The molecule has 0 aliphatic carbocycles. The van der Waals surface area contributed by atoms with Gasteiger partial charge in [0, 0.05) is 18.2 Å². The van der Waals surface area contributed by atoms with Gasteiger partial charge in [0.15, 0.2) is 4.32 Å². The highest BCUT2D eigenvalue weighted by Gasteiger charge is 2.31. The molecule has 1 aliphatic rings. The van der Waals surface area contributed by atoms with Crippen molar-refractivity contribution in [2.24, 2.45) is 0 Å². The van der Waals surface area contributed by atoms with E-state index in [0.29, 0.717) is 27.3 Å². The van der Waals surface area contributed by atoms with E-state index >= 15 is 0 Å². The number of methoxy groups -OCH3 is 2. The van der Waals surface area contributed by atoms with Crippen molar-refractivity contribution >= 4 is 40.3 Å². The summed E-state index contributed by atoms with van der Waals surface area (Å²) < 4.78 is 11.0. The number of carbonyl (C=O) groups excluding carboxylic acids is 1. The van der Waals surface area contributed by atoms with E-state index < -0.39 is 0 Å². The molecule has 1 saturated heterocycles. The minimum Gasteiger partial charge on any atom is -0.497 e. The smallest absolute Gasteiger partial charge is 0.280 e. The van der Waals surface area contributed by atoms with Crippen LogP contribution in [0.25, 0.3) is 6.08 Å². The Morgan fingerprint density at radius 3 is 2.76 bits per heavy atom. The molecule has 1 aromatic carbocycles. The summed E-state index contributed by atoms with van der Waals surface area (Å²) in [6, 6.07) is 5.44. The number of nitrogens with one attached hydrogen (secondary N) is 1. The Bertz CT molecular complexity index is 602. The second kappa shape index (κ2) is 6.93. The standard InChI is InChI=1S/C14H16N2O3S2/c1-4-15-16-13(17)12(21-14(16)20)7-9-5-6-10(18-2)8-11(9)19-3/h5-8,15H,4H2,1-3H3/b12-7+. The van der Waals surface area contributed by atoms with Gasteiger partial charge in [-0.05, 0) is 18.2 Å². The number of carbonyl (C=O) groups is 1. The summed E-state index contributed by atoms with van der Waals surface area (Å²) in [5, 5.41) is 1.39. The molecule has 0 bridgehead atoms. The lowest BCUT2D eigenvalue weighted by Gasteiger charge is -2.13. The van der Waals surface area contributed by atoms with E-state index in [9.17, 15) is 4.79 Å². The number of rotatable bonds is 5. The van der Waals surface area contributed by atoms with Gasteiger partial charge in [0.1, 0.15) is 11.5 Å². The highest BCUT2D eigenvalue weighted by Crippen LogP contribution is 2.34. The van der Waals surface area contributed by atoms with Crippen LogP contribution in [-0.2, 0) is 4.79 Å². The van der Waals surface area contributed by atoms with Crippen molar-refractivity contribution in [1.82, 2.24) is 10.4 Å². The Morgan fingerprint density at radius 1 is 1.38 bits per heavy atom. The Morgan fingerprint density at radius 2 is 2.14 bits per heavy atom. The first-order valence-corrected chi connectivity index (χ1v) is 7.56. The molecule has 21 heavy (non-hydrogen) atoms. The van der Waals surface area contributed by atoms with E-state index in [-0.39, 0.29) is 5.91 Å². The van der Waals surface area contributed by atoms with Crippen molar-refractivity contribution in [1.29, 1.82) is 0 Å². The monoisotopic (exact) mass is 324 g/mol. The van der Waals surface area contributed by atoms with Crippen LogP contribution in [0.3, 0.4) is 0 Å². The van der Waals surface area contributed by atoms with Crippen LogP contribution in [0.2, 0.25) is 0 Å². The molecule has 0 aromatic heterocycles. The summed E-state index contributed by atoms with van der Waals surface area (Å²) in [5.74, 6) is 1.19. The second-order valence-electron chi connectivity index (χ2n) is 4.14. The van der Waals surface area contributed by atoms with Crippen LogP contribution in [0, 0.1) is 0 Å². The molecular weight excluding hydrogens is 308 g/mol. The first kappa shape index (κ1) is 15.8. The molecule has 0 spiro atoms. The lowest BCUT2D eigenvalue weighted by molar-refractivity contribution is -0.124. The zero-order chi connectivity index (χ0) is 15.4. The first-order chi connectivity index (χ1) is 10.1. The normalized spacial score (nSPS) is 16.7. The molecule has 0 unspecified atom stereocenters. The predicted molar refractivity (Wildman–Crippen MR) is 88.2 cm³/mol. The molecule has 0 radical (unpaired) electrons. The maximum Gasteiger partial charge on any atom is 0.280 e. The van der Waals surface area contributed by atoms with E-state index in [4.69, 9.17) is 21.7 Å². The Labute approximate surface area is 133 Å². The number of hydrogen-bond acceptors (Lipinski definition) is 6. The van der Waals surface area contributed by atoms with E-state index in [2.05, 4.69) is 5.43 Å². The fourth-order valence-corrected chi connectivity index (χ4v) is 3.05. The molecule has 1 N–H and O–H groups in total. The third-order valence-electron chi connectivity index (χ3n) is 2.84. The Balaban J connectivity index is 2.32. The minimum absolute atomic E-state index is 0.148. The van der Waals surface area contributed by atoms with Crippen molar-refractivity contribution in [3.63, 3.8) is 0 Å². The minimum atomic E-state index is -0.148. The van der Waals surface area contributed by atoms with Gasteiger partial charge >= 0.3 is 0 Å². The molecular formula is C14H16N2O3S2. The highest BCUT2D eigenvalue weighted by molar-refractivity contribution is 8.26. The quantitative estimate of drug-likeness (QED) is 0.663. The Kier molecular flexibility index (Phi) is 5.22. The van der Waals surface area contributed by atoms with Crippen LogP contribution >= 0.6 is 24.0 Å². The third-order valence-corrected chi connectivity index (χ3v) is 4.14. The van der Waals surface area contributed by atoms with Crippen LogP contribution in [0.15, 0.2) is 23.1 Å². The predicted octanol–water partition coefficient (Wildman–Crippen LogP) is 2.43. The molecule has 1 aromatic rings. The van der Waals surface area contributed by atoms with Gasteiger partial charge in [-0.15, -0.1) is 0 Å². The fourth-order valence-electron chi connectivity index (χ4n) is 1.84.